The zero-order valence-corrected chi connectivity index (χ0v) is 11.9. The number of nitrogens with zero attached hydrogens (tertiary/aromatic N) is 1. The molecule has 0 aromatic heterocycles. The first-order valence-corrected chi connectivity index (χ1v) is 6.42. The molecule has 1 heterocycles. The highest BCUT2D eigenvalue weighted by molar-refractivity contribution is 14.1. The molecule has 1 aliphatic heterocycles. The van der Waals surface area contributed by atoms with Gasteiger partial charge in [-0.3, -0.25) is 10.1 Å². The number of alkyl halides is 1. The number of halogens is 1. The number of rotatable bonds is 3. The first-order valence-electron chi connectivity index (χ1n) is 5.34. The highest BCUT2D eigenvalue weighted by Crippen LogP contribution is 2.23. The van der Waals surface area contributed by atoms with Crippen LogP contribution >= 0.6 is 22.6 Å². The summed E-state index contributed by atoms with van der Waals surface area (Å²) in [5.74, 6) is 0.574. The summed E-state index contributed by atoms with van der Waals surface area (Å²) in [5.41, 5.74) is 2.01. The van der Waals surface area contributed by atoms with E-state index in [1.54, 1.807) is 0 Å². The molecular formula is C12H14IN2O2+. The van der Waals surface area contributed by atoms with E-state index in [0.29, 0.717) is 0 Å². The molecule has 2 rings (SSSR count). The SMILES string of the molecule is CC(C)(I)C(=O)OCC1=Nc2ccccc2[NH2+]1. The zero-order valence-electron chi connectivity index (χ0n) is 9.74. The van der Waals surface area contributed by atoms with Crippen LogP contribution in [-0.2, 0) is 9.53 Å². The Hall–Kier alpha value is -0.950. The predicted molar refractivity (Wildman–Crippen MR) is 74.2 cm³/mol. The van der Waals surface area contributed by atoms with Crippen molar-refractivity contribution in [1.29, 1.82) is 0 Å². The second-order valence-electron chi connectivity index (χ2n) is 4.35. The fourth-order valence-electron chi connectivity index (χ4n) is 1.46. The molecule has 0 bridgehead atoms. The molecule has 0 atom stereocenters. The summed E-state index contributed by atoms with van der Waals surface area (Å²) in [6, 6.07) is 7.85. The quantitative estimate of drug-likeness (QED) is 0.392. The third-order valence-electron chi connectivity index (χ3n) is 2.36. The standard InChI is InChI=1S/C12H13IN2O2/c1-12(2,13)11(16)17-7-10-14-8-5-3-4-6-9(8)15-10/h3-6H,7H2,1-2H3,(H,14,15)/p+1. The minimum atomic E-state index is -0.496. The smallest absolute Gasteiger partial charge is 0.322 e. The maximum Gasteiger partial charge on any atom is 0.322 e. The number of benzene rings is 1. The number of para-hydroxylation sites is 2. The molecule has 4 nitrogen and oxygen atoms in total. The largest absolute Gasteiger partial charge is 0.452 e. The molecule has 5 heteroatoms. The Balaban J connectivity index is 1.94. The molecular weight excluding hydrogens is 331 g/mol. The number of esters is 1. The molecule has 0 spiro atoms. The number of nitrogens with two attached hydrogens (primary N) is 1. The molecule has 1 aliphatic rings. The number of hydrogen-bond acceptors (Lipinski definition) is 3. The van der Waals surface area contributed by atoms with Crippen molar-refractivity contribution < 1.29 is 14.8 Å². The Morgan fingerprint density at radius 1 is 1.47 bits per heavy atom. The molecule has 1 aromatic carbocycles. The van der Waals surface area contributed by atoms with Crippen LogP contribution in [-0.4, -0.2) is 21.8 Å². The molecule has 0 fully saturated rings. The summed E-state index contributed by atoms with van der Waals surface area (Å²) in [5, 5.41) is 1.95. The number of amidine groups is 1. The van der Waals surface area contributed by atoms with E-state index in [1.165, 1.54) is 0 Å². The molecule has 17 heavy (non-hydrogen) atoms. The van der Waals surface area contributed by atoms with Crippen molar-refractivity contribution in [3.63, 3.8) is 0 Å². The van der Waals surface area contributed by atoms with E-state index >= 15 is 0 Å². The molecule has 0 aliphatic carbocycles. The summed E-state index contributed by atoms with van der Waals surface area (Å²) in [4.78, 5) is 16.0. The van der Waals surface area contributed by atoms with Crippen molar-refractivity contribution in [3.8, 4) is 0 Å². The predicted octanol–water partition coefficient (Wildman–Crippen LogP) is 1.68. The third kappa shape index (κ3) is 3.04. The van der Waals surface area contributed by atoms with Crippen LogP contribution in [0.5, 0.6) is 0 Å². The van der Waals surface area contributed by atoms with Crippen LogP contribution < -0.4 is 5.32 Å². The molecule has 0 radical (unpaired) electrons. The normalized spacial score (nSPS) is 14.2. The maximum atomic E-state index is 11.6. The number of carbonyl (C=O) groups is 1. The zero-order chi connectivity index (χ0) is 12.5. The molecule has 0 unspecified atom stereocenters. The first-order chi connectivity index (χ1) is 7.97. The lowest BCUT2D eigenvalue weighted by molar-refractivity contribution is -0.442. The first kappa shape index (κ1) is 12.5. The van der Waals surface area contributed by atoms with Gasteiger partial charge in [-0.05, 0) is 19.9 Å². The van der Waals surface area contributed by atoms with Gasteiger partial charge in [0.2, 0.25) is 5.84 Å². The summed E-state index contributed by atoms with van der Waals surface area (Å²) in [6.07, 6.45) is 0. The van der Waals surface area contributed by atoms with Gasteiger partial charge < -0.3 is 4.74 Å². The van der Waals surface area contributed by atoms with Gasteiger partial charge in [0.05, 0.1) is 0 Å². The van der Waals surface area contributed by atoms with Crippen LogP contribution in [0.15, 0.2) is 29.3 Å². The van der Waals surface area contributed by atoms with Gasteiger partial charge in [0.15, 0.2) is 12.3 Å². The van der Waals surface area contributed by atoms with E-state index in [9.17, 15) is 4.79 Å². The monoisotopic (exact) mass is 345 g/mol. The Labute approximate surface area is 114 Å². The Morgan fingerprint density at radius 2 is 2.18 bits per heavy atom. The van der Waals surface area contributed by atoms with E-state index < -0.39 is 3.42 Å². The summed E-state index contributed by atoms with van der Waals surface area (Å²) in [7, 11) is 0. The Kier molecular flexibility index (Phi) is 3.48. The van der Waals surface area contributed by atoms with Crippen LogP contribution in [0.2, 0.25) is 0 Å². The molecule has 90 valence electrons. The number of aliphatic imine (C=N–C) groups is 1. The average molecular weight is 345 g/mol. The fourth-order valence-corrected chi connectivity index (χ4v) is 1.62. The van der Waals surface area contributed by atoms with Crippen LogP contribution in [0.1, 0.15) is 13.8 Å². The fraction of sp³-hybridized carbons (Fsp3) is 0.333. The number of ether oxygens (including phenoxy) is 1. The van der Waals surface area contributed by atoms with Gasteiger partial charge in [-0.15, -0.1) is 0 Å². The number of fused-ring (bicyclic) bond motifs is 1. The van der Waals surface area contributed by atoms with Crippen molar-refractivity contribution in [1.82, 2.24) is 0 Å². The molecule has 2 N–H and O–H groups in total. The summed E-state index contributed by atoms with van der Waals surface area (Å²) in [6.45, 7) is 3.88. The van der Waals surface area contributed by atoms with Crippen molar-refractivity contribution in [2.24, 2.45) is 4.99 Å². The van der Waals surface area contributed by atoms with E-state index in [2.05, 4.69) is 27.6 Å². The second kappa shape index (κ2) is 4.73. The minimum absolute atomic E-state index is 0.217. The van der Waals surface area contributed by atoms with Gasteiger partial charge >= 0.3 is 5.97 Å². The lowest BCUT2D eigenvalue weighted by Gasteiger charge is -2.13. The van der Waals surface area contributed by atoms with E-state index in [1.807, 2.05) is 43.4 Å². The van der Waals surface area contributed by atoms with Crippen molar-refractivity contribution in [2.45, 2.75) is 17.3 Å². The van der Waals surface area contributed by atoms with E-state index in [-0.39, 0.29) is 12.6 Å². The van der Waals surface area contributed by atoms with Crippen molar-refractivity contribution in [2.75, 3.05) is 6.61 Å². The highest BCUT2D eigenvalue weighted by atomic mass is 127. The topological polar surface area (TPSA) is 55.3 Å². The molecule has 0 amide bonds. The van der Waals surface area contributed by atoms with Gasteiger partial charge in [-0.25, -0.2) is 0 Å². The average Bonchev–Trinajstić information content (AvgIpc) is 2.66. The second-order valence-corrected chi connectivity index (χ2v) is 7.05. The van der Waals surface area contributed by atoms with E-state index in [0.717, 1.165) is 17.2 Å². The summed E-state index contributed by atoms with van der Waals surface area (Å²) < 4.78 is 4.72. The number of carbonyl (C=O) groups excluding carboxylic acids is 1. The third-order valence-corrected chi connectivity index (χ3v) is 2.80. The van der Waals surface area contributed by atoms with Crippen molar-refractivity contribution in [3.05, 3.63) is 24.3 Å². The van der Waals surface area contributed by atoms with Gasteiger partial charge in [-0.1, -0.05) is 34.7 Å². The van der Waals surface area contributed by atoms with Crippen LogP contribution in [0.3, 0.4) is 0 Å². The maximum absolute atomic E-state index is 11.6. The molecule has 0 saturated heterocycles. The Morgan fingerprint density at radius 3 is 2.82 bits per heavy atom. The highest BCUT2D eigenvalue weighted by Gasteiger charge is 2.27. The Bertz CT molecular complexity index is 478. The molecule has 0 saturated carbocycles. The van der Waals surface area contributed by atoms with Gasteiger partial charge in [0.25, 0.3) is 0 Å². The van der Waals surface area contributed by atoms with Crippen molar-refractivity contribution >= 4 is 45.8 Å². The van der Waals surface area contributed by atoms with Gasteiger partial charge in [0.1, 0.15) is 9.11 Å². The van der Waals surface area contributed by atoms with Crippen LogP contribution in [0, 0.1) is 0 Å². The summed E-state index contributed by atoms with van der Waals surface area (Å²) >= 11 is 2.06. The number of hydrogen-bond donors (Lipinski definition) is 1. The van der Waals surface area contributed by atoms with Gasteiger partial charge in [0, 0.05) is 6.07 Å². The molecule has 1 aromatic rings. The lowest BCUT2D eigenvalue weighted by Crippen LogP contribution is -2.81. The van der Waals surface area contributed by atoms with Crippen LogP contribution in [0.4, 0.5) is 11.4 Å². The minimum Gasteiger partial charge on any atom is -0.452 e. The van der Waals surface area contributed by atoms with Gasteiger partial charge in [-0.2, -0.15) is 4.99 Å². The lowest BCUT2D eigenvalue weighted by atomic mass is 10.2. The van der Waals surface area contributed by atoms with Crippen LogP contribution in [0.25, 0.3) is 0 Å². The van der Waals surface area contributed by atoms with E-state index in [4.69, 9.17) is 4.74 Å². The number of quaternary nitrogens is 1.